The second-order valence-corrected chi connectivity index (χ2v) is 6.16. The number of aryl methyl sites for hydroxylation is 1. The number of anilines is 1. The first-order valence-corrected chi connectivity index (χ1v) is 8.14. The predicted molar refractivity (Wildman–Crippen MR) is 92.4 cm³/mol. The van der Waals surface area contributed by atoms with Crippen molar-refractivity contribution >= 4 is 34.1 Å². The molecule has 2 N–H and O–H groups in total. The molecule has 0 aliphatic carbocycles. The molecule has 0 saturated carbocycles. The third kappa shape index (κ3) is 4.92. The van der Waals surface area contributed by atoms with E-state index in [2.05, 4.69) is 15.4 Å². The topological polar surface area (TPSA) is 84.5 Å². The fraction of sp³-hybridized carbons (Fsp3) is 0.235. The minimum atomic E-state index is -0.439. The van der Waals surface area contributed by atoms with Gasteiger partial charge in [0, 0.05) is 18.5 Å². The zero-order valence-corrected chi connectivity index (χ0v) is 14.2. The van der Waals surface area contributed by atoms with Crippen LogP contribution in [-0.4, -0.2) is 31.4 Å². The zero-order chi connectivity index (χ0) is 17.5. The lowest BCUT2D eigenvalue weighted by Crippen LogP contribution is -2.27. The summed E-state index contributed by atoms with van der Waals surface area (Å²) in [5.41, 5.74) is 1.57. The molecule has 1 aromatic heterocycles. The fourth-order valence-corrected chi connectivity index (χ4v) is 2.83. The number of methoxy groups -OCH3 is 1. The number of esters is 1. The summed E-state index contributed by atoms with van der Waals surface area (Å²) in [5, 5.41) is 5.95. The Bertz CT molecular complexity index is 755. The molecule has 126 valence electrons. The van der Waals surface area contributed by atoms with Crippen molar-refractivity contribution in [2.45, 2.75) is 13.3 Å². The molecule has 1 aromatic carbocycles. The quantitative estimate of drug-likeness (QED) is 0.788. The van der Waals surface area contributed by atoms with Crippen LogP contribution >= 0.6 is 11.3 Å². The van der Waals surface area contributed by atoms with Crippen molar-refractivity contribution in [3.63, 3.8) is 0 Å². The Morgan fingerprint density at radius 3 is 2.67 bits per heavy atom. The van der Waals surface area contributed by atoms with E-state index >= 15 is 0 Å². The number of carbonyl (C=O) groups excluding carboxylic acids is 3. The van der Waals surface area contributed by atoms with E-state index in [1.807, 2.05) is 19.1 Å². The van der Waals surface area contributed by atoms with Crippen molar-refractivity contribution in [2.75, 3.05) is 19.0 Å². The Hall–Kier alpha value is -2.67. The number of ether oxygens (including phenoxy) is 1. The van der Waals surface area contributed by atoms with E-state index in [-0.39, 0.29) is 24.8 Å². The standard InChI is InChI=1S/C17H18N2O4S/c1-11-4-3-5-12(10-11)16(21)18-9-8-14(20)19-15-7-6-13(24-15)17(22)23-2/h3-7,10H,8-9H2,1-2H3,(H,18,21)(H,19,20). The van der Waals surface area contributed by atoms with Gasteiger partial charge in [-0.1, -0.05) is 17.7 Å². The van der Waals surface area contributed by atoms with Crippen molar-refractivity contribution in [1.29, 1.82) is 0 Å². The average Bonchev–Trinajstić information content (AvgIpc) is 3.02. The molecule has 24 heavy (non-hydrogen) atoms. The second kappa shape index (κ2) is 8.26. The highest BCUT2D eigenvalue weighted by Crippen LogP contribution is 2.22. The second-order valence-electron chi connectivity index (χ2n) is 5.08. The summed E-state index contributed by atoms with van der Waals surface area (Å²) >= 11 is 1.14. The Balaban J connectivity index is 1.78. The van der Waals surface area contributed by atoms with E-state index in [0.29, 0.717) is 15.4 Å². The largest absolute Gasteiger partial charge is 0.465 e. The van der Waals surface area contributed by atoms with E-state index < -0.39 is 5.97 Å². The van der Waals surface area contributed by atoms with Crippen molar-refractivity contribution in [3.8, 4) is 0 Å². The summed E-state index contributed by atoms with van der Waals surface area (Å²) in [6, 6.07) is 10.5. The number of benzene rings is 1. The van der Waals surface area contributed by atoms with Gasteiger partial charge >= 0.3 is 5.97 Å². The van der Waals surface area contributed by atoms with Crippen LogP contribution in [-0.2, 0) is 9.53 Å². The minimum absolute atomic E-state index is 0.142. The Labute approximate surface area is 143 Å². The molecule has 0 radical (unpaired) electrons. The highest BCUT2D eigenvalue weighted by Gasteiger charge is 2.11. The van der Waals surface area contributed by atoms with Gasteiger partial charge in [-0.2, -0.15) is 0 Å². The van der Waals surface area contributed by atoms with E-state index in [1.54, 1.807) is 24.3 Å². The number of hydrogen-bond donors (Lipinski definition) is 2. The number of thiophene rings is 1. The molecule has 0 fully saturated rings. The number of hydrogen-bond acceptors (Lipinski definition) is 5. The molecule has 7 heteroatoms. The van der Waals surface area contributed by atoms with Crippen LogP contribution in [0.1, 0.15) is 32.0 Å². The first-order chi connectivity index (χ1) is 11.5. The Kier molecular flexibility index (Phi) is 6.08. The third-order valence-corrected chi connectivity index (χ3v) is 4.15. The molecule has 0 atom stereocenters. The lowest BCUT2D eigenvalue weighted by Gasteiger charge is -2.06. The van der Waals surface area contributed by atoms with Crippen LogP contribution in [0.2, 0.25) is 0 Å². The molecule has 2 rings (SSSR count). The average molecular weight is 346 g/mol. The van der Waals surface area contributed by atoms with Gasteiger partial charge in [-0.3, -0.25) is 9.59 Å². The molecule has 0 saturated heterocycles. The summed E-state index contributed by atoms with van der Waals surface area (Å²) in [5.74, 6) is -0.890. The molecule has 0 aliphatic rings. The van der Waals surface area contributed by atoms with Gasteiger partial charge in [-0.25, -0.2) is 4.79 Å². The van der Waals surface area contributed by atoms with Gasteiger partial charge in [0.1, 0.15) is 4.88 Å². The van der Waals surface area contributed by atoms with Gasteiger partial charge in [0.25, 0.3) is 5.91 Å². The molecule has 6 nitrogen and oxygen atoms in total. The number of carbonyl (C=O) groups is 3. The summed E-state index contributed by atoms with van der Waals surface area (Å²) in [4.78, 5) is 35.6. The summed E-state index contributed by atoms with van der Waals surface area (Å²) in [6.07, 6.45) is 0.142. The van der Waals surface area contributed by atoms with Crippen molar-refractivity contribution in [3.05, 3.63) is 52.4 Å². The Morgan fingerprint density at radius 2 is 1.96 bits per heavy atom. The molecule has 0 spiro atoms. The lowest BCUT2D eigenvalue weighted by molar-refractivity contribution is -0.116. The number of amides is 2. The predicted octanol–water partition coefficient (Wildman–Crippen LogP) is 2.60. The summed E-state index contributed by atoms with van der Waals surface area (Å²) in [6.45, 7) is 2.14. The van der Waals surface area contributed by atoms with Gasteiger partial charge < -0.3 is 15.4 Å². The van der Waals surface area contributed by atoms with Gasteiger partial charge in [-0.15, -0.1) is 11.3 Å². The molecular weight excluding hydrogens is 328 g/mol. The van der Waals surface area contributed by atoms with Gasteiger partial charge in [0.05, 0.1) is 12.1 Å². The number of rotatable bonds is 6. The SMILES string of the molecule is COC(=O)c1ccc(NC(=O)CCNC(=O)c2cccc(C)c2)s1. The molecule has 2 amide bonds. The fourth-order valence-electron chi connectivity index (χ4n) is 1.99. The summed E-state index contributed by atoms with van der Waals surface area (Å²) in [7, 11) is 1.30. The van der Waals surface area contributed by atoms with Crippen molar-refractivity contribution in [1.82, 2.24) is 5.32 Å². The van der Waals surface area contributed by atoms with Gasteiger partial charge in [0.15, 0.2) is 0 Å². The molecular formula is C17H18N2O4S. The molecule has 0 unspecified atom stereocenters. The van der Waals surface area contributed by atoms with Crippen LogP contribution in [0.25, 0.3) is 0 Å². The maximum Gasteiger partial charge on any atom is 0.348 e. The highest BCUT2D eigenvalue weighted by atomic mass is 32.1. The third-order valence-electron chi connectivity index (χ3n) is 3.17. The lowest BCUT2D eigenvalue weighted by atomic mass is 10.1. The molecule has 0 bridgehead atoms. The highest BCUT2D eigenvalue weighted by molar-refractivity contribution is 7.18. The van der Waals surface area contributed by atoms with Crippen LogP contribution in [0.5, 0.6) is 0 Å². The minimum Gasteiger partial charge on any atom is -0.465 e. The smallest absolute Gasteiger partial charge is 0.348 e. The molecule has 2 aromatic rings. The van der Waals surface area contributed by atoms with Crippen molar-refractivity contribution in [2.24, 2.45) is 0 Å². The van der Waals surface area contributed by atoms with Gasteiger partial charge in [0.2, 0.25) is 5.91 Å². The van der Waals surface area contributed by atoms with Crippen LogP contribution in [0.4, 0.5) is 5.00 Å². The monoisotopic (exact) mass is 346 g/mol. The zero-order valence-electron chi connectivity index (χ0n) is 13.4. The first kappa shape index (κ1) is 17.7. The maximum atomic E-state index is 12.0. The normalized spacial score (nSPS) is 10.1. The molecule has 1 heterocycles. The summed E-state index contributed by atoms with van der Waals surface area (Å²) < 4.78 is 4.61. The van der Waals surface area contributed by atoms with Crippen LogP contribution in [0.15, 0.2) is 36.4 Å². The molecule has 0 aliphatic heterocycles. The first-order valence-electron chi connectivity index (χ1n) is 7.32. The van der Waals surface area contributed by atoms with Crippen LogP contribution in [0, 0.1) is 6.92 Å². The van der Waals surface area contributed by atoms with Gasteiger partial charge in [-0.05, 0) is 31.2 Å². The van der Waals surface area contributed by atoms with Crippen LogP contribution < -0.4 is 10.6 Å². The number of nitrogens with one attached hydrogen (secondary N) is 2. The van der Waals surface area contributed by atoms with E-state index in [9.17, 15) is 14.4 Å². The van der Waals surface area contributed by atoms with Crippen LogP contribution in [0.3, 0.4) is 0 Å². The van der Waals surface area contributed by atoms with Crippen molar-refractivity contribution < 1.29 is 19.1 Å². The Morgan fingerprint density at radius 1 is 1.17 bits per heavy atom. The maximum absolute atomic E-state index is 12.0. The van der Waals surface area contributed by atoms with E-state index in [1.165, 1.54) is 7.11 Å². The van der Waals surface area contributed by atoms with E-state index in [0.717, 1.165) is 16.9 Å². The van der Waals surface area contributed by atoms with E-state index in [4.69, 9.17) is 0 Å².